The van der Waals surface area contributed by atoms with Gasteiger partial charge in [0.05, 0.1) is 11.0 Å². The molecule has 1 amide bonds. The van der Waals surface area contributed by atoms with Crippen molar-refractivity contribution >= 4 is 28.5 Å². The van der Waals surface area contributed by atoms with Gasteiger partial charge in [0.15, 0.2) is 0 Å². The van der Waals surface area contributed by atoms with Crippen LogP contribution in [0.15, 0.2) is 18.2 Å². The van der Waals surface area contributed by atoms with Gasteiger partial charge < -0.3 is 9.88 Å². The molecule has 5 heteroatoms. The Labute approximate surface area is 105 Å². The third-order valence-corrected chi connectivity index (χ3v) is 2.92. The summed E-state index contributed by atoms with van der Waals surface area (Å²) in [5.41, 5.74) is 2.27. The van der Waals surface area contributed by atoms with Gasteiger partial charge in [0.25, 0.3) is 5.91 Å². The van der Waals surface area contributed by atoms with Crippen molar-refractivity contribution in [1.82, 2.24) is 14.9 Å². The number of benzene rings is 1. The summed E-state index contributed by atoms with van der Waals surface area (Å²) in [6, 6.07) is 5.63. The lowest BCUT2D eigenvalue weighted by Gasteiger charge is -2.09. The highest BCUT2D eigenvalue weighted by Gasteiger charge is 2.13. The SMILES string of the molecule is CNC(=O)c1ccc2c(c1)nc(Cl)n2C(C)C. The van der Waals surface area contributed by atoms with Gasteiger partial charge in [0.1, 0.15) is 0 Å². The summed E-state index contributed by atoms with van der Waals surface area (Å²) in [7, 11) is 1.60. The van der Waals surface area contributed by atoms with E-state index in [4.69, 9.17) is 11.6 Å². The van der Waals surface area contributed by atoms with Crippen molar-refractivity contribution in [2.24, 2.45) is 0 Å². The maximum atomic E-state index is 11.5. The van der Waals surface area contributed by atoms with Crippen molar-refractivity contribution in [3.63, 3.8) is 0 Å². The summed E-state index contributed by atoms with van der Waals surface area (Å²) in [5.74, 6) is -0.123. The van der Waals surface area contributed by atoms with E-state index < -0.39 is 0 Å². The number of carbonyl (C=O) groups excluding carboxylic acids is 1. The van der Waals surface area contributed by atoms with Gasteiger partial charge >= 0.3 is 0 Å². The van der Waals surface area contributed by atoms with Gasteiger partial charge in [-0.2, -0.15) is 0 Å². The molecule has 0 saturated carbocycles. The number of nitrogens with one attached hydrogen (secondary N) is 1. The predicted octanol–water partition coefficient (Wildman–Crippen LogP) is 2.63. The number of hydrogen-bond acceptors (Lipinski definition) is 2. The Balaban J connectivity index is 2.61. The fraction of sp³-hybridized carbons (Fsp3) is 0.333. The monoisotopic (exact) mass is 251 g/mol. The Morgan fingerprint density at radius 2 is 2.18 bits per heavy atom. The number of imidazole rings is 1. The minimum absolute atomic E-state index is 0.123. The molecule has 1 N–H and O–H groups in total. The number of amides is 1. The largest absolute Gasteiger partial charge is 0.355 e. The topological polar surface area (TPSA) is 46.9 Å². The highest BCUT2D eigenvalue weighted by Crippen LogP contribution is 2.24. The van der Waals surface area contributed by atoms with Crippen LogP contribution in [0.4, 0.5) is 0 Å². The first-order chi connectivity index (χ1) is 8.04. The van der Waals surface area contributed by atoms with E-state index in [-0.39, 0.29) is 11.9 Å². The molecular weight excluding hydrogens is 238 g/mol. The van der Waals surface area contributed by atoms with E-state index in [1.807, 2.05) is 24.5 Å². The number of nitrogens with zero attached hydrogens (tertiary/aromatic N) is 2. The van der Waals surface area contributed by atoms with E-state index in [1.54, 1.807) is 19.2 Å². The Bertz CT molecular complexity index is 574. The highest BCUT2D eigenvalue weighted by molar-refractivity contribution is 6.29. The van der Waals surface area contributed by atoms with E-state index in [2.05, 4.69) is 10.3 Å². The predicted molar refractivity (Wildman–Crippen MR) is 68.5 cm³/mol. The van der Waals surface area contributed by atoms with Gasteiger partial charge in [-0.25, -0.2) is 4.98 Å². The zero-order valence-electron chi connectivity index (χ0n) is 9.99. The quantitative estimate of drug-likeness (QED) is 0.892. The van der Waals surface area contributed by atoms with E-state index in [0.717, 1.165) is 11.0 Å². The van der Waals surface area contributed by atoms with Crippen LogP contribution in [-0.2, 0) is 0 Å². The third-order valence-electron chi connectivity index (χ3n) is 2.65. The molecule has 0 bridgehead atoms. The zero-order valence-corrected chi connectivity index (χ0v) is 10.7. The van der Waals surface area contributed by atoms with Crippen molar-refractivity contribution < 1.29 is 4.79 Å². The van der Waals surface area contributed by atoms with E-state index in [9.17, 15) is 4.79 Å². The summed E-state index contributed by atoms with van der Waals surface area (Å²) in [6.07, 6.45) is 0. The lowest BCUT2D eigenvalue weighted by Crippen LogP contribution is -2.17. The van der Waals surface area contributed by atoms with Crippen LogP contribution in [-0.4, -0.2) is 22.5 Å². The summed E-state index contributed by atoms with van der Waals surface area (Å²) in [4.78, 5) is 15.8. The maximum Gasteiger partial charge on any atom is 0.251 e. The van der Waals surface area contributed by atoms with Crippen LogP contribution in [0.1, 0.15) is 30.2 Å². The number of aromatic nitrogens is 2. The van der Waals surface area contributed by atoms with E-state index in [0.29, 0.717) is 10.8 Å². The molecule has 4 nitrogen and oxygen atoms in total. The van der Waals surface area contributed by atoms with Crippen molar-refractivity contribution in [3.8, 4) is 0 Å². The van der Waals surface area contributed by atoms with Crippen LogP contribution >= 0.6 is 11.6 Å². The molecule has 17 heavy (non-hydrogen) atoms. The fourth-order valence-corrected chi connectivity index (χ4v) is 2.22. The second kappa shape index (κ2) is 4.37. The summed E-state index contributed by atoms with van der Waals surface area (Å²) >= 11 is 6.08. The van der Waals surface area contributed by atoms with Crippen molar-refractivity contribution in [2.75, 3.05) is 7.05 Å². The van der Waals surface area contributed by atoms with E-state index in [1.165, 1.54) is 0 Å². The molecule has 0 radical (unpaired) electrons. The Morgan fingerprint density at radius 1 is 1.47 bits per heavy atom. The molecule has 2 rings (SSSR count). The number of rotatable bonds is 2. The fourth-order valence-electron chi connectivity index (χ4n) is 1.85. The van der Waals surface area contributed by atoms with Crippen molar-refractivity contribution in [1.29, 1.82) is 0 Å². The molecule has 0 unspecified atom stereocenters. The molecule has 90 valence electrons. The second-order valence-corrected chi connectivity index (χ2v) is 4.47. The molecule has 1 aromatic carbocycles. The van der Waals surface area contributed by atoms with Gasteiger partial charge in [-0.3, -0.25) is 4.79 Å². The van der Waals surface area contributed by atoms with Gasteiger partial charge in [0.2, 0.25) is 5.28 Å². The molecule has 0 aliphatic heterocycles. The smallest absolute Gasteiger partial charge is 0.251 e. The average molecular weight is 252 g/mol. The summed E-state index contributed by atoms with van der Waals surface area (Å²) in [6.45, 7) is 4.08. The Morgan fingerprint density at radius 3 is 2.76 bits per heavy atom. The lowest BCUT2D eigenvalue weighted by molar-refractivity contribution is 0.0963. The lowest BCUT2D eigenvalue weighted by atomic mass is 10.2. The van der Waals surface area contributed by atoms with Gasteiger partial charge in [0, 0.05) is 18.7 Å². The molecule has 0 spiro atoms. The molecule has 0 aliphatic carbocycles. The van der Waals surface area contributed by atoms with Crippen LogP contribution in [0.5, 0.6) is 0 Å². The molecule has 2 aromatic rings. The van der Waals surface area contributed by atoms with Crippen LogP contribution in [0.2, 0.25) is 5.28 Å². The standard InChI is InChI=1S/C12H14ClN3O/c1-7(2)16-10-5-4-8(11(17)14-3)6-9(10)15-12(16)13/h4-7H,1-3H3,(H,14,17). The number of halogens is 1. The molecule has 1 heterocycles. The average Bonchev–Trinajstić information content (AvgIpc) is 2.62. The van der Waals surface area contributed by atoms with Crippen LogP contribution in [0.3, 0.4) is 0 Å². The summed E-state index contributed by atoms with van der Waals surface area (Å²) < 4.78 is 1.94. The maximum absolute atomic E-state index is 11.5. The van der Waals surface area contributed by atoms with Crippen LogP contribution in [0, 0.1) is 0 Å². The normalized spacial score (nSPS) is 11.1. The van der Waals surface area contributed by atoms with Gasteiger partial charge in [-0.05, 0) is 43.6 Å². The molecule has 0 saturated heterocycles. The first-order valence-corrected chi connectivity index (χ1v) is 5.82. The zero-order chi connectivity index (χ0) is 12.6. The van der Waals surface area contributed by atoms with Crippen LogP contribution < -0.4 is 5.32 Å². The Kier molecular flexibility index (Phi) is 3.07. The van der Waals surface area contributed by atoms with Crippen molar-refractivity contribution in [2.45, 2.75) is 19.9 Å². The Hall–Kier alpha value is -1.55. The second-order valence-electron chi connectivity index (χ2n) is 4.13. The molecule has 0 fully saturated rings. The molecule has 0 aliphatic rings. The number of fused-ring (bicyclic) bond motifs is 1. The first-order valence-electron chi connectivity index (χ1n) is 5.44. The van der Waals surface area contributed by atoms with Gasteiger partial charge in [-0.1, -0.05) is 0 Å². The van der Waals surface area contributed by atoms with Crippen LogP contribution in [0.25, 0.3) is 11.0 Å². The van der Waals surface area contributed by atoms with Crippen molar-refractivity contribution in [3.05, 3.63) is 29.0 Å². The molecule has 0 atom stereocenters. The number of hydrogen-bond donors (Lipinski definition) is 1. The van der Waals surface area contributed by atoms with Gasteiger partial charge in [-0.15, -0.1) is 0 Å². The minimum Gasteiger partial charge on any atom is -0.355 e. The molecular formula is C12H14ClN3O. The number of carbonyl (C=O) groups is 1. The molecule has 1 aromatic heterocycles. The highest BCUT2D eigenvalue weighted by atomic mass is 35.5. The minimum atomic E-state index is -0.123. The first kappa shape index (κ1) is 11.9. The third kappa shape index (κ3) is 2.00. The van der Waals surface area contributed by atoms with E-state index >= 15 is 0 Å². The summed E-state index contributed by atoms with van der Waals surface area (Å²) in [5, 5.41) is 3.03.